The van der Waals surface area contributed by atoms with Crippen LogP contribution in [-0.2, 0) is 4.74 Å². The first-order valence-electron chi connectivity index (χ1n) is 10.7. The van der Waals surface area contributed by atoms with Gasteiger partial charge in [-0.1, -0.05) is 47.3 Å². The van der Waals surface area contributed by atoms with Gasteiger partial charge < -0.3 is 14.2 Å². The van der Waals surface area contributed by atoms with Crippen LogP contribution in [0, 0.1) is 12.7 Å². The number of rotatable bonds is 6. The molecule has 1 fully saturated rings. The second-order valence-electron chi connectivity index (χ2n) is 7.73. The maximum atomic E-state index is 14.0. The molecule has 0 spiro atoms. The number of aryl methyl sites for hydroxylation is 1. The van der Waals surface area contributed by atoms with E-state index in [1.165, 1.54) is 17.8 Å². The van der Waals surface area contributed by atoms with Crippen molar-refractivity contribution in [2.45, 2.75) is 24.3 Å². The van der Waals surface area contributed by atoms with E-state index in [0.717, 1.165) is 29.9 Å². The minimum absolute atomic E-state index is 0.189. The number of nitrogens with zero attached hydrogens (tertiary/aromatic N) is 6. The Morgan fingerprint density at radius 2 is 1.85 bits per heavy atom. The fraction of sp³-hybridized carbons (Fsp3) is 0.304. The van der Waals surface area contributed by atoms with E-state index < -0.39 is 0 Å². The molecule has 0 bridgehead atoms. The van der Waals surface area contributed by atoms with E-state index in [1.54, 1.807) is 19.1 Å². The minimum atomic E-state index is -0.298. The number of morpholine rings is 1. The van der Waals surface area contributed by atoms with Gasteiger partial charge in [0.1, 0.15) is 5.82 Å². The van der Waals surface area contributed by atoms with Crippen LogP contribution in [0.1, 0.15) is 23.6 Å². The van der Waals surface area contributed by atoms with Gasteiger partial charge in [-0.15, -0.1) is 10.2 Å². The summed E-state index contributed by atoms with van der Waals surface area (Å²) in [5.74, 6) is 1.27. The molecular weight excluding hydrogens is 443 g/mol. The SMILES string of the molecule is Cc1ccc(-c2noc([C@@H](C)Sc3nnc(N4CCOCC4)n3-c3ccccc3)n2)cc1F. The predicted octanol–water partition coefficient (Wildman–Crippen LogP) is 4.45. The van der Waals surface area contributed by atoms with Crippen molar-refractivity contribution < 1.29 is 13.7 Å². The van der Waals surface area contributed by atoms with Crippen LogP contribution in [0.4, 0.5) is 10.3 Å². The molecule has 33 heavy (non-hydrogen) atoms. The van der Waals surface area contributed by atoms with E-state index in [0.29, 0.717) is 36.1 Å². The highest BCUT2D eigenvalue weighted by Gasteiger charge is 2.25. The normalized spacial score (nSPS) is 15.1. The Hall–Kier alpha value is -3.24. The third kappa shape index (κ3) is 4.49. The van der Waals surface area contributed by atoms with E-state index in [-0.39, 0.29) is 11.1 Å². The fourth-order valence-corrected chi connectivity index (χ4v) is 4.46. The van der Waals surface area contributed by atoms with E-state index in [2.05, 4.69) is 25.2 Å². The van der Waals surface area contributed by atoms with Crippen LogP contribution in [0.15, 0.2) is 58.2 Å². The maximum Gasteiger partial charge on any atom is 0.240 e. The van der Waals surface area contributed by atoms with Crippen LogP contribution in [0.3, 0.4) is 0 Å². The Morgan fingerprint density at radius 1 is 1.06 bits per heavy atom. The molecule has 1 aliphatic heterocycles. The Balaban J connectivity index is 1.43. The summed E-state index contributed by atoms with van der Waals surface area (Å²) >= 11 is 1.48. The second kappa shape index (κ2) is 9.32. The monoisotopic (exact) mass is 466 g/mol. The molecule has 4 aromatic rings. The smallest absolute Gasteiger partial charge is 0.240 e. The quantitative estimate of drug-likeness (QED) is 0.386. The van der Waals surface area contributed by atoms with Crippen molar-refractivity contribution in [3.05, 3.63) is 65.8 Å². The van der Waals surface area contributed by atoms with E-state index in [4.69, 9.17) is 9.26 Å². The fourth-order valence-electron chi connectivity index (χ4n) is 3.57. The predicted molar refractivity (Wildman–Crippen MR) is 123 cm³/mol. The summed E-state index contributed by atoms with van der Waals surface area (Å²) in [7, 11) is 0. The Labute approximate surface area is 194 Å². The lowest BCUT2D eigenvalue weighted by atomic mass is 10.1. The van der Waals surface area contributed by atoms with Gasteiger partial charge in [0.05, 0.1) is 24.2 Å². The molecular formula is C23H23FN6O2S. The van der Waals surface area contributed by atoms with Gasteiger partial charge in [0.2, 0.25) is 17.7 Å². The minimum Gasteiger partial charge on any atom is -0.378 e. The first kappa shape index (κ1) is 21.6. The van der Waals surface area contributed by atoms with Gasteiger partial charge in [-0.25, -0.2) is 4.39 Å². The first-order valence-corrected chi connectivity index (χ1v) is 11.6. The maximum absolute atomic E-state index is 14.0. The second-order valence-corrected chi connectivity index (χ2v) is 9.04. The van der Waals surface area contributed by atoms with Crippen molar-refractivity contribution in [3.63, 3.8) is 0 Å². The number of hydrogen-bond acceptors (Lipinski definition) is 8. The van der Waals surface area contributed by atoms with Gasteiger partial charge in [-0.05, 0) is 37.6 Å². The van der Waals surface area contributed by atoms with Crippen molar-refractivity contribution in [1.82, 2.24) is 24.9 Å². The van der Waals surface area contributed by atoms with E-state index in [1.807, 2.05) is 41.8 Å². The van der Waals surface area contributed by atoms with Crippen LogP contribution in [-0.4, -0.2) is 51.2 Å². The molecule has 1 atom stereocenters. The van der Waals surface area contributed by atoms with E-state index >= 15 is 0 Å². The zero-order valence-corrected chi connectivity index (χ0v) is 19.1. The average Bonchev–Trinajstić information content (AvgIpc) is 3.50. The Morgan fingerprint density at radius 3 is 2.61 bits per heavy atom. The summed E-state index contributed by atoms with van der Waals surface area (Å²) in [5.41, 5.74) is 2.12. The molecule has 0 unspecified atom stereocenters. The first-order chi connectivity index (χ1) is 16.1. The van der Waals surface area contributed by atoms with Crippen LogP contribution < -0.4 is 4.90 Å². The molecule has 0 radical (unpaired) electrons. The third-order valence-electron chi connectivity index (χ3n) is 5.43. The topological polar surface area (TPSA) is 82.1 Å². The van der Waals surface area contributed by atoms with Crippen molar-refractivity contribution in [2.75, 3.05) is 31.2 Å². The van der Waals surface area contributed by atoms with Crippen molar-refractivity contribution in [2.24, 2.45) is 0 Å². The molecule has 170 valence electrons. The molecule has 0 N–H and O–H groups in total. The number of para-hydroxylation sites is 1. The van der Waals surface area contributed by atoms with Crippen molar-refractivity contribution >= 4 is 17.7 Å². The van der Waals surface area contributed by atoms with Gasteiger partial charge >= 0.3 is 0 Å². The third-order valence-corrected chi connectivity index (χ3v) is 6.46. The zero-order chi connectivity index (χ0) is 22.8. The molecule has 10 heteroatoms. The lowest BCUT2D eigenvalue weighted by Crippen LogP contribution is -2.37. The summed E-state index contributed by atoms with van der Waals surface area (Å²) < 4.78 is 27.0. The van der Waals surface area contributed by atoms with E-state index in [9.17, 15) is 4.39 Å². The van der Waals surface area contributed by atoms with Gasteiger partial charge in [0.15, 0.2) is 5.16 Å². The number of anilines is 1. The average molecular weight is 467 g/mol. The molecule has 0 aliphatic carbocycles. The van der Waals surface area contributed by atoms with Crippen molar-refractivity contribution in [1.29, 1.82) is 0 Å². The highest BCUT2D eigenvalue weighted by atomic mass is 32.2. The number of ether oxygens (including phenoxy) is 1. The van der Waals surface area contributed by atoms with Gasteiger partial charge in [0.25, 0.3) is 0 Å². The van der Waals surface area contributed by atoms with Crippen LogP contribution in [0.25, 0.3) is 17.1 Å². The molecule has 2 aromatic carbocycles. The Bertz CT molecular complexity index is 1240. The standard InChI is InChI=1S/C23H23FN6O2S/c1-15-8-9-17(14-19(15)24)20-25-21(32-28-20)16(2)33-23-27-26-22(29-10-12-31-13-11-29)30(23)18-6-4-3-5-7-18/h3-9,14,16H,10-13H2,1-2H3/t16-/m1/s1. The lowest BCUT2D eigenvalue weighted by molar-refractivity contribution is 0.122. The van der Waals surface area contributed by atoms with Gasteiger partial charge in [0, 0.05) is 18.7 Å². The highest BCUT2D eigenvalue weighted by Crippen LogP contribution is 2.37. The summed E-state index contributed by atoms with van der Waals surface area (Å²) in [6.45, 7) is 6.51. The number of halogens is 1. The summed E-state index contributed by atoms with van der Waals surface area (Å²) in [6, 6.07) is 14.9. The lowest BCUT2D eigenvalue weighted by Gasteiger charge is -2.28. The number of thioether (sulfide) groups is 1. The molecule has 8 nitrogen and oxygen atoms in total. The highest BCUT2D eigenvalue weighted by molar-refractivity contribution is 7.99. The Kier molecular flexibility index (Phi) is 6.10. The van der Waals surface area contributed by atoms with Crippen LogP contribution in [0.2, 0.25) is 0 Å². The molecule has 0 saturated carbocycles. The van der Waals surface area contributed by atoms with Crippen LogP contribution in [0.5, 0.6) is 0 Å². The largest absolute Gasteiger partial charge is 0.378 e. The molecule has 5 rings (SSSR count). The zero-order valence-electron chi connectivity index (χ0n) is 18.3. The molecule has 1 saturated heterocycles. The molecule has 1 aliphatic rings. The van der Waals surface area contributed by atoms with Gasteiger partial charge in [-0.2, -0.15) is 4.98 Å². The molecule has 0 amide bonds. The summed E-state index contributed by atoms with van der Waals surface area (Å²) in [6.07, 6.45) is 0. The number of hydrogen-bond donors (Lipinski definition) is 0. The summed E-state index contributed by atoms with van der Waals surface area (Å²) in [4.78, 5) is 6.67. The van der Waals surface area contributed by atoms with Gasteiger partial charge in [-0.3, -0.25) is 4.57 Å². The number of aromatic nitrogens is 5. The van der Waals surface area contributed by atoms with Crippen LogP contribution >= 0.6 is 11.8 Å². The molecule has 2 aromatic heterocycles. The van der Waals surface area contributed by atoms with Crippen molar-refractivity contribution in [3.8, 4) is 17.1 Å². The molecule has 3 heterocycles. The summed E-state index contributed by atoms with van der Waals surface area (Å²) in [5, 5.41) is 13.5. The number of benzene rings is 2.